The minimum absolute atomic E-state index is 0.209. The van der Waals surface area contributed by atoms with Crippen LogP contribution in [0.5, 0.6) is 0 Å². The number of fused-ring (bicyclic) bond motifs is 1. The standard InChI is InChI=1S/C25H30N4OS/c1-17-12-18(14-19(13-17)29-8-10-31-11-9-29)21-16-27-24-22(28-21)20(15-26-24)23(30)25(2)6-4-3-5-7-25/h12-16H,3-11H2,1-2H3,(H,26,27). The van der Waals surface area contributed by atoms with Gasteiger partial charge in [0.05, 0.1) is 17.5 Å². The number of nitrogens with one attached hydrogen (secondary N) is 1. The second kappa shape index (κ2) is 8.30. The number of Topliss-reactive ketones (excluding diaryl/α,β-unsaturated/α-hetero) is 1. The Balaban J connectivity index is 1.52. The number of rotatable bonds is 4. The number of H-pyrrole nitrogens is 1. The fourth-order valence-corrected chi connectivity index (χ4v) is 5.91. The number of benzene rings is 1. The number of thioether (sulfide) groups is 1. The average molecular weight is 435 g/mol. The monoisotopic (exact) mass is 434 g/mol. The normalized spacial score (nSPS) is 19.0. The maximum Gasteiger partial charge on any atom is 0.172 e. The van der Waals surface area contributed by atoms with E-state index < -0.39 is 0 Å². The highest BCUT2D eigenvalue weighted by atomic mass is 32.2. The number of hydrogen-bond acceptors (Lipinski definition) is 5. The highest BCUT2D eigenvalue weighted by molar-refractivity contribution is 7.99. The van der Waals surface area contributed by atoms with Gasteiger partial charge in [-0.05, 0) is 43.5 Å². The first-order valence-electron chi connectivity index (χ1n) is 11.4. The van der Waals surface area contributed by atoms with Gasteiger partial charge in [-0.2, -0.15) is 11.8 Å². The lowest BCUT2D eigenvalue weighted by molar-refractivity contribution is 0.0751. The van der Waals surface area contributed by atoms with Gasteiger partial charge in [0, 0.05) is 47.5 Å². The molecule has 0 spiro atoms. The molecule has 3 aromatic rings. The zero-order chi connectivity index (χ0) is 21.4. The van der Waals surface area contributed by atoms with E-state index >= 15 is 0 Å². The summed E-state index contributed by atoms with van der Waals surface area (Å²) < 4.78 is 0. The van der Waals surface area contributed by atoms with Gasteiger partial charge in [0.25, 0.3) is 0 Å². The first-order chi connectivity index (χ1) is 15.0. The van der Waals surface area contributed by atoms with Crippen molar-refractivity contribution in [2.45, 2.75) is 46.0 Å². The van der Waals surface area contributed by atoms with E-state index in [1.165, 1.54) is 29.2 Å². The summed E-state index contributed by atoms with van der Waals surface area (Å²) in [5, 5.41) is 0. The minimum Gasteiger partial charge on any atom is -0.370 e. The van der Waals surface area contributed by atoms with Crippen molar-refractivity contribution in [3.05, 3.63) is 41.7 Å². The third-order valence-corrected chi connectivity index (χ3v) is 7.81. The van der Waals surface area contributed by atoms with E-state index in [0.29, 0.717) is 16.7 Å². The summed E-state index contributed by atoms with van der Waals surface area (Å²) in [6.07, 6.45) is 9.03. The van der Waals surface area contributed by atoms with Crippen molar-refractivity contribution in [2.24, 2.45) is 5.41 Å². The largest absolute Gasteiger partial charge is 0.370 e. The van der Waals surface area contributed by atoms with E-state index in [4.69, 9.17) is 4.98 Å². The molecule has 5 nitrogen and oxygen atoms in total. The van der Waals surface area contributed by atoms with Gasteiger partial charge in [-0.15, -0.1) is 0 Å². The van der Waals surface area contributed by atoms with Crippen molar-refractivity contribution < 1.29 is 4.79 Å². The van der Waals surface area contributed by atoms with Gasteiger partial charge in [-0.3, -0.25) is 4.79 Å². The smallest absolute Gasteiger partial charge is 0.172 e. The van der Waals surface area contributed by atoms with Crippen LogP contribution in [-0.2, 0) is 0 Å². The molecule has 0 amide bonds. The number of anilines is 1. The van der Waals surface area contributed by atoms with E-state index in [0.717, 1.165) is 50.0 Å². The molecule has 1 N–H and O–H groups in total. The summed E-state index contributed by atoms with van der Waals surface area (Å²) in [5.41, 5.74) is 6.14. The van der Waals surface area contributed by atoms with Crippen molar-refractivity contribution in [3.63, 3.8) is 0 Å². The van der Waals surface area contributed by atoms with Crippen molar-refractivity contribution in [1.29, 1.82) is 0 Å². The molecule has 3 heterocycles. The lowest BCUT2D eigenvalue weighted by atomic mass is 9.71. The van der Waals surface area contributed by atoms with Crippen molar-refractivity contribution in [1.82, 2.24) is 15.0 Å². The van der Waals surface area contributed by atoms with Gasteiger partial charge in [0.15, 0.2) is 11.4 Å². The maximum atomic E-state index is 13.5. The molecule has 6 heteroatoms. The van der Waals surface area contributed by atoms with E-state index in [9.17, 15) is 4.79 Å². The molecule has 5 rings (SSSR count). The third kappa shape index (κ3) is 3.98. The number of hydrogen-bond donors (Lipinski definition) is 1. The Morgan fingerprint density at radius 2 is 1.90 bits per heavy atom. The lowest BCUT2D eigenvalue weighted by Gasteiger charge is -2.31. The Bertz CT molecular complexity index is 1110. The summed E-state index contributed by atoms with van der Waals surface area (Å²) in [6.45, 7) is 6.40. The van der Waals surface area contributed by atoms with Crippen LogP contribution in [0.15, 0.2) is 30.6 Å². The number of carbonyl (C=O) groups excluding carboxylic acids is 1. The van der Waals surface area contributed by atoms with Crippen molar-refractivity contribution in [2.75, 3.05) is 29.5 Å². The van der Waals surface area contributed by atoms with Gasteiger partial charge in [-0.25, -0.2) is 9.97 Å². The van der Waals surface area contributed by atoms with Crippen LogP contribution >= 0.6 is 11.8 Å². The highest BCUT2D eigenvalue weighted by Gasteiger charge is 2.36. The summed E-state index contributed by atoms with van der Waals surface area (Å²) in [4.78, 5) is 28.6. The van der Waals surface area contributed by atoms with E-state index in [1.807, 2.05) is 24.2 Å². The fraction of sp³-hybridized carbons (Fsp3) is 0.480. The van der Waals surface area contributed by atoms with Crippen LogP contribution in [0.3, 0.4) is 0 Å². The van der Waals surface area contributed by atoms with Crippen LogP contribution in [0.2, 0.25) is 0 Å². The molecule has 1 saturated heterocycles. The van der Waals surface area contributed by atoms with Crippen LogP contribution in [0, 0.1) is 12.3 Å². The van der Waals surface area contributed by atoms with Crippen molar-refractivity contribution >= 4 is 34.4 Å². The van der Waals surface area contributed by atoms with E-state index in [1.54, 1.807) is 0 Å². The Morgan fingerprint density at radius 1 is 1.13 bits per heavy atom. The van der Waals surface area contributed by atoms with Crippen LogP contribution < -0.4 is 4.90 Å². The Kier molecular flexibility index (Phi) is 5.51. The SMILES string of the molecule is Cc1cc(-c2cnc3[nH]cc(C(=O)C4(C)CCCCC4)c3n2)cc(N2CCSCC2)c1. The third-order valence-electron chi connectivity index (χ3n) is 6.86. The molecule has 2 fully saturated rings. The molecule has 162 valence electrons. The Morgan fingerprint density at radius 3 is 2.68 bits per heavy atom. The fourth-order valence-electron chi connectivity index (χ4n) is 5.00. The number of aromatic amines is 1. The Hall–Kier alpha value is -2.34. The molecule has 0 atom stereocenters. The zero-order valence-corrected chi connectivity index (χ0v) is 19.2. The van der Waals surface area contributed by atoms with Crippen molar-refractivity contribution in [3.8, 4) is 11.3 Å². The molecule has 31 heavy (non-hydrogen) atoms. The predicted octanol–water partition coefficient (Wildman–Crippen LogP) is 5.64. The molecule has 0 radical (unpaired) electrons. The molecule has 1 aromatic carbocycles. The molecule has 1 aliphatic heterocycles. The van der Waals surface area contributed by atoms with Crippen LogP contribution in [0.4, 0.5) is 5.69 Å². The Labute approximate surface area is 188 Å². The average Bonchev–Trinajstić information content (AvgIpc) is 3.22. The van der Waals surface area contributed by atoms with Crippen LogP contribution in [0.25, 0.3) is 22.4 Å². The highest BCUT2D eigenvalue weighted by Crippen LogP contribution is 2.39. The number of ketones is 1. The number of nitrogens with zero attached hydrogens (tertiary/aromatic N) is 3. The van der Waals surface area contributed by atoms with E-state index in [-0.39, 0.29) is 11.2 Å². The first kappa shape index (κ1) is 20.6. The second-order valence-electron chi connectivity index (χ2n) is 9.26. The van der Waals surface area contributed by atoms with Crippen LogP contribution in [0.1, 0.15) is 54.9 Å². The maximum absolute atomic E-state index is 13.5. The second-order valence-corrected chi connectivity index (χ2v) is 10.5. The molecule has 2 aliphatic rings. The predicted molar refractivity (Wildman–Crippen MR) is 129 cm³/mol. The summed E-state index contributed by atoms with van der Waals surface area (Å²) >= 11 is 2.02. The zero-order valence-electron chi connectivity index (χ0n) is 18.4. The molecule has 1 aliphatic carbocycles. The number of aryl methyl sites for hydroxylation is 1. The van der Waals surface area contributed by atoms with Gasteiger partial charge < -0.3 is 9.88 Å². The molecule has 1 saturated carbocycles. The first-order valence-corrected chi connectivity index (χ1v) is 12.5. The summed E-state index contributed by atoms with van der Waals surface area (Å²) in [5.74, 6) is 2.55. The molecule has 2 aromatic heterocycles. The molecule has 0 unspecified atom stereocenters. The van der Waals surface area contributed by atoms with Crippen LogP contribution in [-0.4, -0.2) is 45.3 Å². The van der Waals surface area contributed by atoms with Gasteiger partial charge in [0.2, 0.25) is 0 Å². The molecular formula is C25H30N4OS. The van der Waals surface area contributed by atoms with Gasteiger partial charge in [-0.1, -0.05) is 26.2 Å². The number of aromatic nitrogens is 3. The lowest BCUT2D eigenvalue weighted by Crippen LogP contribution is -2.32. The summed E-state index contributed by atoms with van der Waals surface area (Å²) in [6, 6.07) is 6.63. The van der Waals surface area contributed by atoms with Gasteiger partial charge >= 0.3 is 0 Å². The molecular weight excluding hydrogens is 404 g/mol. The topological polar surface area (TPSA) is 61.9 Å². The summed E-state index contributed by atoms with van der Waals surface area (Å²) in [7, 11) is 0. The van der Waals surface area contributed by atoms with E-state index in [2.05, 4.69) is 46.9 Å². The minimum atomic E-state index is -0.284. The number of carbonyl (C=O) groups is 1. The quantitative estimate of drug-likeness (QED) is 0.539. The van der Waals surface area contributed by atoms with Gasteiger partial charge in [0.1, 0.15) is 5.52 Å². The molecule has 0 bridgehead atoms.